The van der Waals surface area contributed by atoms with Crippen LogP contribution in [0.25, 0.3) is 0 Å². The van der Waals surface area contributed by atoms with Crippen molar-refractivity contribution in [3.8, 4) is 0 Å². The highest BCUT2D eigenvalue weighted by molar-refractivity contribution is 7.99. The molecule has 1 atom stereocenters. The number of carbonyl (C=O) groups is 1. The number of carboxylic acid groups (broad SMARTS) is 1. The van der Waals surface area contributed by atoms with Gasteiger partial charge in [0.25, 0.3) is 0 Å². The summed E-state index contributed by atoms with van der Waals surface area (Å²) in [4.78, 5) is 10.8. The van der Waals surface area contributed by atoms with Gasteiger partial charge in [0.05, 0.1) is 5.75 Å². The van der Waals surface area contributed by atoms with E-state index in [0.717, 1.165) is 5.82 Å². The predicted octanol–water partition coefficient (Wildman–Crippen LogP) is 2.02. The van der Waals surface area contributed by atoms with E-state index in [2.05, 4.69) is 15.3 Å². The van der Waals surface area contributed by atoms with Gasteiger partial charge in [-0.25, -0.2) is 0 Å². The lowest BCUT2D eigenvalue weighted by molar-refractivity contribution is -0.133. The molecule has 0 aromatic carbocycles. The van der Waals surface area contributed by atoms with Crippen molar-refractivity contribution in [2.24, 2.45) is 0 Å². The number of carboxylic acids is 1. The van der Waals surface area contributed by atoms with Gasteiger partial charge in [0.1, 0.15) is 6.04 Å². The molecule has 0 saturated heterocycles. The van der Waals surface area contributed by atoms with Crippen molar-refractivity contribution in [1.29, 1.82) is 0 Å². The van der Waals surface area contributed by atoms with Crippen molar-refractivity contribution in [2.75, 3.05) is 5.75 Å². The fourth-order valence-corrected chi connectivity index (χ4v) is 2.88. The van der Waals surface area contributed by atoms with Crippen LogP contribution < -0.4 is 0 Å². The molecule has 7 nitrogen and oxygen atoms in total. The molecule has 0 saturated carbocycles. The summed E-state index contributed by atoms with van der Waals surface area (Å²) in [7, 11) is 0. The summed E-state index contributed by atoms with van der Waals surface area (Å²) in [5.74, 6) is -0.145. The summed E-state index contributed by atoms with van der Waals surface area (Å²) in [6.07, 6.45) is 3.59. The standard InChI is InChI=1S/C13H19N5O2S/c1-9(17-7-5-6-14-17)11-15-16-12(21-8-10(19)20)18(11)13(2,3)4/h5-7,9H,8H2,1-4H3,(H,19,20). The van der Waals surface area contributed by atoms with Crippen LogP contribution in [0.4, 0.5) is 0 Å². The van der Waals surface area contributed by atoms with Gasteiger partial charge in [-0.15, -0.1) is 10.2 Å². The Morgan fingerprint density at radius 2 is 2.14 bits per heavy atom. The average molecular weight is 309 g/mol. The molecule has 0 aliphatic heterocycles. The molecule has 2 aromatic heterocycles. The third kappa shape index (κ3) is 3.44. The van der Waals surface area contributed by atoms with Crippen molar-refractivity contribution in [2.45, 2.75) is 44.4 Å². The molecule has 0 aliphatic rings. The van der Waals surface area contributed by atoms with Crippen LogP contribution in [0.15, 0.2) is 23.6 Å². The van der Waals surface area contributed by atoms with Crippen LogP contribution in [0, 0.1) is 0 Å². The first-order chi connectivity index (χ1) is 9.80. The normalized spacial score (nSPS) is 13.3. The first kappa shape index (κ1) is 15.6. The number of hydrogen-bond acceptors (Lipinski definition) is 5. The first-order valence-corrected chi connectivity index (χ1v) is 7.59. The van der Waals surface area contributed by atoms with Crippen LogP contribution in [-0.4, -0.2) is 41.4 Å². The topological polar surface area (TPSA) is 85.8 Å². The van der Waals surface area contributed by atoms with Crippen LogP contribution in [0.1, 0.15) is 39.6 Å². The molecule has 2 rings (SSSR count). The van der Waals surface area contributed by atoms with E-state index in [1.807, 2.05) is 44.5 Å². The molecule has 0 amide bonds. The Labute approximate surface area is 127 Å². The van der Waals surface area contributed by atoms with E-state index in [1.54, 1.807) is 10.9 Å². The Kier molecular flexibility index (Phi) is 4.36. The van der Waals surface area contributed by atoms with E-state index in [0.29, 0.717) is 5.16 Å². The van der Waals surface area contributed by atoms with Gasteiger partial charge in [0, 0.05) is 17.9 Å². The molecule has 0 aliphatic carbocycles. The Balaban J connectivity index is 2.40. The Morgan fingerprint density at radius 1 is 1.43 bits per heavy atom. The SMILES string of the molecule is CC(c1nnc(SCC(=O)O)n1C(C)(C)C)n1cccn1. The van der Waals surface area contributed by atoms with Gasteiger partial charge in [-0.2, -0.15) is 5.10 Å². The van der Waals surface area contributed by atoms with Crippen LogP contribution >= 0.6 is 11.8 Å². The van der Waals surface area contributed by atoms with Crippen molar-refractivity contribution < 1.29 is 9.90 Å². The Hall–Kier alpha value is -1.83. The fraction of sp³-hybridized carbons (Fsp3) is 0.538. The minimum absolute atomic E-state index is 0.0373. The summed E-state index contributed by atoms with van der Waals surface area (Å²) in [6.45, 7) is 8.12. The van der Waals surface area contributed by atoms with Crippen molar-refractivity contribution >= 4 is 17.7 Å². The zero-order valence-electron chi connectivity index (χ0n) is 12.5. The minimum Gasteiger partial charge on any atom is -0.481 e. The minimum atomic E-state index is -0.870. The molecule has 2 aromatic rings. The van der Waals surface area contributed by atoms with Crippen LogP contribution in [0.5, 0.6) is 0 Å². The van der Waals surface area contributed by atoms with Gasteiger partial charge in [0.15, 0.2) is 11.0 Å². The maximum Gasteiger partial charge on any atom is 0.313 e. The molecule has 2 heterocycles. The molecule has 21 heavy (non-hydrogen) atoms. The second kappa shape index (κ2) is 5.88. The van der Waals surface area contributed by atoms with E-state index in [9.17, 15) is 4.79 Å². The van der Waals surface area contributed by atoms with E-state index >= 15 is 0 Å². The summed E-state index contributed by atoms with van der Waals surface area (Å²) >= 11 is 1.18. The highest BCUT2D eigenvalue weighted by Crippen LogP contribution is 2.29. The summed E-state index contributed by atoms with van der Waals surface area (Å²) in [5.41, 5.74) is -0.249. The van der Waals surface area contributed by atoms with Gasteiger partial charge in [-0.1, -0.05) is 11.8 Å². The van der Waals surface area contributed by atoms with Gasteiger partial charge in [-0.3, -0.25) is 14.0 Å². The van der Waals surface area contributed by atoms with E-state index in [1.165, 1.54) is 11.8 Å². The zero-order chi connectivity index (χ0) is 15.6. The van der Waals surface area contributed by atoms with Crippen molar-refractivity contribution in [3.63, 3.8) is 0 Å². The number of nitrogens with zero attached hydrogens (tertiary/aromatic N) is 5. The predicted molar refractivity (Wildman–Crippen MR) is 79.4 cm³/mol. The second-order valence-corrected chi connectivity index (χ2v) is 6.63. The number of rotatable bonds is 5. The van der Waals surface area contributed by atoms with Gasteiger partial charge in [-0.05, 0) is 33.8 Å². The number of thioether (sulfide) groups is 1. The first-order valence-electron chi connectivity index (χ1n) is 6.60. The average Bonchev–Trinajstić information content (AvgIpc) is 3.03. The molecule has 114 valence electrons. The molecule has 0 bridgehead atoms. The summed E-state index contributed by atoms with van der Waals surface area (Å²) < 4.78 is 3.78. The molecular weight excluding hydrogens is 290 g/mol. The third-order valence-electron chi connectivity index (χ3n) is 2.95. The highest BCUT2D eigenvalue weighted by atomic mass is 32.2. The van der Waals surface area contributed by atoms with E-state index in [4.69, 9.17) is 5.11 Å². The number of aliphatic carboxylic acids is 1. The number of hydrogen-bond donors (Lipinski definition) is 1. The third-order valence-corrected chi connectivity index (χ3v) is 3.86. The van der Waals surface area contributed by atoms with Crippen molar-refractivity contribution in [1.82, 2.24) is 24.5 Å². The van der Waals surface area contributed by atoms with Gasteiger partial charge in [0.2, 0.25) is 0 Å². The maximum atomic E-state index is 10.8. The molecular formula is C13H19N5O2S. The molecule has 0 radical (unpaired) electrons. The molecule has 1 unspecified atom stereocenters. The molecule has 0 fully saturated rings. The van der Waals surface area contributed by atoms with Crippen molar-refractivity contribution in [3.05, 3.63) is 24.3 Å². The summed E-state index contributed by atoms with van der Waals surface area (Å²) in [5, 5.41) is 22.1. The van der Waals surface area contributed by atoms with E-state index < -0.39 is 5.97 Å². The maximum absolute atomic E-state index is 10.8. The quantitative estimate of drug-likeness (QED) is 0.850. The van der Waals surface area contributed by atoms with Gasteiger partial charge < -0.3 is 5.11 Å². The monoisotopic (exact) mass is 309 g/mol. The number of aromatic nitrogens is 5. The van der Waals surface area contributed by atoms with E-state index in [-0.39, 0.29) is 17.3 Å². The Morgan fingerprint density at radius 3 is 2.67 bits per heavy atom. The van der Waals surface area contributed by atoms with Crippen LogP contribution in [0.2, 0.25) is 0 Å². The molecule has 8 heteroatoms. The lowest BCUT2D eigenvalue weighted by atomic mass is 10.1. The Bertz CT molecular complexity index is 615. The smallest absolute Gasteiger partial charge is 0.313 e. The van der Waals surface area contributed by atoms with Crippen LogP contribution in [0.3, 0.4) is 0 Å². The van der Waals surface area contributed by atoms with Gasteiger partial charge >= 0.3 is 5.97 Å². The molecule has 0 spiro atoms. The highest BCUT2D eigenvalue weighted by Gasteiger charge is 2.27. The largest absolute Gasteiger partial charge is 0.481 e. The summed E-state index contributed by atoms with van der Waals surface area (Å²) in [6, 6.07) is 1.78. The molecule has 1 N–H and O–H groups in total. The zero-order valence-corrected chi connectivity index (χ0v) is 13.3. The van der Waals surface area contributed by atoms with Crippen LogP contribution in [-0.2, 0) is 10.3 Å². The second-order valence-electron chi connectivity index (χ2n) is 5.69. The lowest BCUT2D eigenvalue weighted by Gasteiger charge is -2.26. The lowest BCUT2D eigenvalue weighted by Crippen LogP contribution is -2.27. The fourth-order valence-electron chi connectivity index (χ4n) is 2.03.